The molecule has 3 nitrogen and oxygen atoms in total. The quantitative estimate of drug-likeness (QED) is 0.766. The van der Waals surface area contributed by atoms with E-state index in [1.54, 1.807) is 6.07 Å². The second kappa shape index (κ2) is 6.51. The molecule has 0 unspecified atom stereocenters. The number of benzene rings is 1. The lowest BCUT2D eigenvalue weighted by Gasteiger charge is -2.11. The maximum Gasteiger partial charge on any atom is 0.118 e. The lowest BCUT2D eigenvalue weighted by molar-refractivity contribution is 0.288. The second-order valence-corrected chi connectivity index (χ2v) is 4.34. The molecule has 0 fully saturated rings. The molecule has 0 spiro atoms. The van der Waals surface area contributed by atoms with Crippen LogP contribution in [-0.2, 0) is 12.8 Å². The van der Waals surface area contributed by atoms with E-state index < -0.39 is 0 Å². The Kier molecular flexibility index (Phi) is 5.29. The minimum Gasteiger partial charge on any atom is -0.508 e. The summed E-state index contributed by atoms with van der Waals surface area (Å²) in [6.45, 7) is 1.17. The summed E-state index contributed by atoms with van der Waals surface area (Å²) in [6, 6.07) is 5.74. The largest absolute Gasteiger partial charge is 0.508 e. The van der Waals surface area contributed by atoms with Crippen LogP contribution in [0.2, 0.25) is 0 Å². The van der Waals surface area contributed by atoms with Gasteiger partial charge in [0.25, 0.3) is 0 Å². The van der Waals surface area contributed by atoms with Gasteiger partial charge in [-0.2, -0.15) is 0 Å². The van der Waals surface area contributed by atoms with Crippen LogP contribution in [0.4, 0.5) is 0 Å². The molecule has 0 bridgehead atoms. The summed E-state index contributed by atoms with van der Waals surface area (Å²) in [5.74, 6) is 0.335. The molecule has 0 aromatic heterocycles. The first-order valence-corrected chi connectivity index (χ1v) is 5.70. The molecule has 16 heavy (non-hydrogen) atoms. The molecular formula is C13H21NO2. The van der Waals surface area contributed by atoms with Crippen molar-refractivity contribution in [3.05, 3.63) is 29.3 Å². The molecule has 0 aliphatic rings. The predicted molar refractivity (Wildman–Crippen MR) is 65.8 cm³/mol. The first kappa shape index (κ1) is 13.0. The number of hydrogen-bond acceptors (Lipinski definition) is 3. The summed E-state index contributed by atoms with van der Waals surface area (Å²) < 4.78 is 0. The molecule has 0 atom stereocenters. The van der Waals surface area contributed by atoms with E-state index in [4.69, 9.17) is 5.11 Å². The van der Waals surface area contributed by atoms with E-state index in [0.717, 1.165) is 24.9 Å². The topological polar surface area (TPSA) is 43.7 Å². The molecule has 1 rings (SSSR count). The van der Waals surface area contributed by atoms with Gasteiger partial charge in [0.1, 0.15) is 5.75 Å². The van der Waals surface area contributed by atoms with Crippen LogP contribution in [0.25, 0.3) is 0 Å². The maximum absolute atomic E-state index is 9.65. The summed E-state index contributed by atoms with van der Waals surface area (Å²) >= 11 is 0. The van der Waals surface area contributed by atoms with Crippen LogP contribution >= 0.6 is 0 Å². The number of aliphatic hydroxyl groups is 1. The highest BCUT2D eigenvalue weighted by Gasteiger charge is 2.03. The molecule has 1 aromatic carbocycles. The van der Waals surface area contributed by atoms with Gasteiger partial charge in [0.2, 0.25) is 0 Å². The standard InChI is InChI=1S/C13H21NO2/c1-14(2)8-7-11-5-6-13(16)12(10-11)4-3-9-15/h5-6,10,15-16H,3-4,7-9H2,1-2H3. The molecule has 0 radical (unpaired) electrons. The fraction of sp³-hybridized carbons (Fsp3) is 0.538. The summed E-state index contributed by atoms with van der Waals surface area (Å²) in [4.78, 5) is 2.14. The molecule has 90 valence electrons. The van der Waals surface area contributed by atoms with Gasteiger partial charge in [-0.15, -0.1) is 0 Å². The van der Waals surface area contributed by atoms with Crippen molar-refractivity contribution in [3.8, 4) is 5.75 Å². The summed E-state index contributed by atoms with van der Waals surface area (Å²) in [5.41, 5.74) is 2.17. The number of hydrogen-bond donors (Lipinski definition) is 2. The molecule has 0 saturated carbocycles. The molecule has 1 aromatic rings. The Bertz CT molecular complexity index is 324. The average Bonchev–Trinajstić information content (AvgIpc) is 2.26. The minimum atomic E-state index is 0.168. The molecule has 2 N–H and O–H groups in total. The van der Waals surface area contributed by atoms with E-state index in [2.05, 4.69) is 4.90 Å². The van der Waals surface area contributed by atoms with E-state index in [1.165, 1.54) is 5.56 Å². The van der Waals surface area contributed by atoms with Crippen LogP contribution in [0.5, 0.6) is 5.75 Å². The van der Waals surface area contributed by atoms with Crippen molar-refractivity contribution in [2.75, 3.05) is 27.2 Å². The SMILES string of the molecule is CN(C)CCc1ccc(O)c(CCCO)c1. The fourth-order valence-electron chi connectivity index (χ4n) is 1.62. The van der Waals surface area contributed by atoms with Crippen molar-refractivity contribution in [2.24, 2.45) is 0 Å². The van der Waals surface area contributed by atoms with Gasteiger partial charge in [-0.1, -0.05) is 12.1 Å². The van der Waals surface area contributed by atoms with Crippen molar-refractivity contribution in [1.29, 1.82) is 0 Å². The smallest absolute Gasteiger partial charge is 0.118 e. The van der Waals surface area contributed by atoms with Crippen LogP contribution < -0.4 is 0 Å². The summed E-state index contributed by atoms with van der Waals surface area (Å²) in [7, 11) is 4.10. The van der Waals surface area contributed by atoms with E-state index >= 15 is 0 Å². The van der Waals surface area contributed by atoms with Gasteiger partial charge < -0.3 is 15.1 Å². The van der Waals surface area contributed by atoms with Crippen molar-refractivity contribution in [3.63, 3.8) is 0 Å². The monoisotopic (exact) mass is 223 g/mol. The zero-order valence-electron chi connectivity index (χ0n) is 10.1. The van der Waals surface area contributed by atoms with Crippen LogP contribution in [0.3, 0.4) is 0 Å². The first-order chi connectivity index (χ1) is 7.63. The Balaban J connectivity index is 2.65. The third-order valence-electron chi connectivity index (χ3n) is 2.60. The Hall–Kier alpha value is -1.06. The number of nitrogens with zero attached hydrogens (tertiary/aromatic N) is 1. The van der Waals surface area contributed by atoms with E-state index in [0.29, 0.717) is 12.2 Å². The number of aliphatic hydroxyl groups excluding tert-OH is 1. The van der Waals surface area contributed by atoms with Crippen LogP contribution in [-0.4, -0.2) is 42.4 Å². The third kappa shape index (κ3) is 4.21. The van der Waals surface area contributed by atoms with Gasteiger partial charge in [-0.3, -0.25) is 0 Å². The van der Waals surface area contributed by atoms with E-state index in [-0.39, 0.29) is 6.61 Å². The van der Waals surface area contributed by atoms with E-state index in [9.17, 15) is 5.11 Å². The van der Waals surface area contributed by atoms with Gasteiger partial charge in [0, 0.05) is 13.2 Å². The van der Waals surface area contributed by atoms with Crippen LogP contribution in [0.15, 0.2) is 18.2 Å². The van der Waals surface area contributed by atoms with Crippen molar-refractivity contribution in [2.45, 2.75) is 19.3 Å². The van der Waals surface area contributed by atoms with Gasteiger partial charge in [-0.25, -0.2) is 0 Å². The van der Waals surface area contributed by atoms with Gasteiger partial charge in [-0.05, 0) is 50.6 Å². The Morgan fingerprint density at radius 3 is 2.56 bits per heavy atom. The number of aromatic hydroxyl groups is 1. The van der Waals surface area contributed by atoms with Crippen LogP contribution in [0, 0.1) is 0 Å². The van der Waals surface area contributed by atoms with Crippen molar-refractivity contribution in [1.82, 2.24) is 4.90 Å². The Morgan fingerprint density at radius 2 is 1.94 bits per heavy atom. The van der Waals surface area contributed by atoms with Crippen molar-refractivity contribution >= 4 is 0 Å². The number of rotatable bonds is 6. The van der Waals surface area contributed by atoms with Crippen LogP contribution in [0.1, 0.15) is 17.5 Å². The Labute approximate surface area is 97.3 Å². The summed E-state index contributed by atoms with van der Waals surface area (Å²) in [5, 5.41) is 18.4. The number of aryl methyl sites for hydroxylation is 1. The average molecular weight is 223 g/mol. The highest BCUT2D eigenvalue weighted by Crippen LogP contribution is 2.20. The number of phenols is 1. The normalized spacial score (nSPS) is 11.0. The third-order valence-corrected chi connectivity index (χ3v) is 2.60. The maximum atomic E-state index is 9.65. The Morgan fingerprint density at radius 1 is 1.19 bits per heavy atom. The van der Waals surface area contributed by atoms with Crippen molar-refractivity contribution < 1.29 is 10.2 Å². The van der Waals surface area contributed by atoms with Gasteiger partial charge >= 0.3 is 0 Å². The first-order valence-electron chi connectivity index (χ1n) is 5.70. The molecule has 3 heteroatoms. The highest BCUT2D eigenvalue weighted by atomic mass is 16.3. The molecule has 0 amide bonds. The minimum absolute atomic E-state index is 0.168. The number of likely N-dealkylation sites (N-methyl/N-ethyl adjacent to an activating group) is 1. The van der Waals surface area contributed by atoms with E-state index in [1.807, 2.05) is 26.2 Å². The fourth-order valence-corrected chi connectivity index (χ4v) is 1.62. The lowest BCUT2D eigenvalue weighted by atomic mass is 10.0. The van der Waals surface area contributed by atoms with Gasteiger partial charge in [0.05, 0.1) is 0 Å². The number of phenolic OH excluding ortho intramolecular Hbond substituents is 1. The predicted octanol–water partition coefficient (Wildman–Crippen LogP) is 1.42. The summed E-state index contributed by atoms with van der Waals surface area (Å²) in [6.07, 6.45) is 2.42. The molecule has 0 saturated heterocycles. The lowest BCUT2D eigenvalue weighted by Crippen LogP contribution is -2.15. The molecule has 0 aliphatic heterocycles. The second-order valence-electron chi connectivity index (χ2n) is 4.34. The molecule has 0 aliphatic carbocycles. The zero-order valence-corrected chi connectivity index (χ0v) is 10.1. The zero-order chi connectivity index (χ0) is 12.0. The highest BCUT2D eigenvalue weighted by molar-refractivity contribution is 5.36. The molecule has 0 heterocycles. The van der Waals surface area contributed by atoms with Gasteiger partial charge in [0.15, 0.2) is 0 Å². The molecular weight excluding hydrogens is 202 g/mol.